The van der Waals surface area contributed by atoms with E-state index in [9.17, 15) is 4.79 Å². The first-order valence-electron chi connectivity index (χ1n) is 8.79. The highest BCUT2D eigenvalue weighted by atomic mass is 35.5. The van der Waals surface area contributed by atoms with Crippen molar-refractivity contribution >= 4 is 17.5 Å². The Balaban J connectivity index is 1.97. The second-order valence-electron chi connectivity index (χ2n) is 5.92. The minimum atomic E-state index is 0.0491. The highest BCUT2D eigenvalue weighted by molar-refractivity contribution is 6.31. The van der Waals surface area contributed by atoms with Gasteiger partial charge in [-0.1, -0.05) is 49.7 Å². The summed E-state index contributed by atoms with van der Waals surface area (Å²) < 4.78 is 0. The molecule has 0 aliphatic heterocycles. The Labute approximate surface area is 155 Å². The first-order chi connectivity index (χ1) is 12.2. The van der Waals surface area contributed by atoms with E-state index >= 15 is 0 Å². The van der Waals surface area contributed by atoms with E-state index in [0.29, 0.717) is 19.4 Å². The summed E-state index contributed by atoms with van der Waals surface area (Å²) in [5.74, 6) is 0.0491. The molecule has 0 saturated heterocycles. The average Bonchev–Trinajstić information content (AvgIpc) is 2.65. The standard InChI is InChI=1S/C20H26ClN3O/c1-3-24(4-2)19(17-9-5-6-10-18(17)21)15-23-20(25)12-11-16-8-7-13-22-14-16/h5-10,13-14,19H,3-4,11-12,15H2,1-2H3,(H,23,25). The molecule has 0 bridgehead atoms. The SMILES string of the molecule is CCN(CC)C(CNC(=O)CCc1cccnc1)c1ccccc1Cl. The number of pyridine rings is 1. The summed E-state index contributed by atoms with van der Waals surface area (Å²) in [6.07, 6.45) is 4.69. The topological polar surface area (TPSA) is 45.2 Å². The van der Waals surface area contributed by atoms with E-state index in [1.807, 2.05) is 36.4 Å². The summed E-state index contributed by atoms with van der Waals surface area (Å²) >= 11 is 6.39. The fourth-order valence-corrected chi connectivity index (χ4v) is 3.21. The van der Waals surface area contributed by atoms with Crippen molar-refractivity contribution in [2.24, 2.45) is 0 Å². The van der Waals surface area contributed by atoms with E-state index in [0.717, 1.165) is 29.2 Å². The maximum Gasteiger partial charge on any atom is 0.220 e. The third-order valence-electron chi connectivity index (χ3n) is 4.37. The van der Waals surface area contributed by atoms with E-state index in [1.54, 1.807) is 12.4 Å². The van der Waals surface area contributed by atoms with Crippen LogP contribution in [0.15, 0.2) is 48.8 Å². The Morgan fingerprint density at radius 1 is 1.20 bits per heavy atom. The molecule has 0 fully saturated rings. The number of aromatic nitrogens is 1. The molecule has 0 saturated carbocycles. The molecule has 2 aromatic rings. The van der Waals surface area contributed by atoms with Crippen molar-refractivity contribution in [1.29, 1.82) is 0 Å². The summed E-state index contributed by atoms with van der Waals surface area (Å²) in [5, 5.41) is 3.81. The van der Waals surface area contributed by atoms with Gasteiger partial charge in [-0.15, -0.1) is 0 Å². The molecule has 1 amide bonds. The zero-order valence-corrected chi connectivity index (χ0v) is 15.7. The van der Waals surface area contributed by atoms with Gasteiger partial charge in [0.05, 0.1) is 6.04 Å². The monoisotopic (exact) mass is 359 g/mol. The Morgan fingerprint density at radius 2 is 1.96 bits per heavy atom. The third kappa shape index (κ3) is 5.83. The molecule has 1 heterocycles. The lowest BCUT2D eigenvalue weighted by molar-refractivity contribution is -0.121. The quantitative estimate of drug-likeness (QED) is 0.739. The van der Waals surface area contributed by atoms with E-state index in [1.165, 1.54) is 0 Å². The number of carbonyl (C=O) groups is 1. The fourth-order valence-electron chi connectivity index (χ4n) is 2.95. The predicted octanol–water partition coefficient (Wildman–Crippen LogP) is 3.87. The van der Waals surface area contributed by atoms with Gasteiger partial charge in [0.2, 0.25) is 5.91 Å². The van der Waals surface area contributed by atoms with E-state index in [-0.39, 0.29) is 11.9 Å². The van der Waals surface area contributed by atoms with Gasteiger partial charge in [0.1, 0.15) is 0 Å². The van der Waals surface area contributed by atoms with Gasteiger partial charge < -0.3 is 5.32 Å². The van der Waals surface area contributed by atoms with E-state index in [4.69, 9.17) is 11.6 Å². The highest BCUT2D eigenvalue weighted by Gasteiger charge is 2.20. The van der Waals surface area contributed by atoms with Crippen LogP contribution < -0.4 is 5.32 Å². The number of carbonyl (C=O) groups excluding carboxylic acids is 1. The van der Waals surface area contributed by atoms with Gasteiger partial charge in [0.15, 0.2) is 0 Å². The smallest absolute Gasteiger partial charge is 0.220 e. The van der Waals surface area contributed by atoms with E-state index < -0.39 is 0 Å². The molecule has 1 aromatic heterocycles. The molecule has 1 atom stereocenters. The number of likely N-dealkylation sites (N-methyl/N-ethyl adjacent to an activating group) is 1. The van der Waals surface area contributed by atoms with Crippen molar-refractivity contribution in [3.05, 3.63) is 64.9 Å². The normalized spacial score (nSPS) is 12.2. The molecule has 1 unspecified atom stereocenters. The third-order valence-corrected chi connectivity index (χ3v) is 4.72. The molecule has 4 nitrogen and oxygen atoms in total. The molecule has 25 heavy (non-hydrogen) atoms. The molecular weight excluding hydrogens is 334 g/mol. The van der Waals surface area contributed by atoms with Crippen LogP contribution in [0.4, 0.5) is 0 Å². The number of benzene rings is 1. The molecule has 0 radical (unpaired) electrons. The minimum Gasteiger partial charge on any atom is -0.354 e. The second kappa shape index (κ2) is 10.2. The van der Waals surface area contributed by atoms with Crippen molar-refractivity contribution in [3.63, 3.8) is 0 Å². The summed E-state index contributed by atoms with van der Waals surface area (Å²) in [6, 6.07) is 11.8. The van der Waals surface area contributed by atoms with Gasteiger partial charge in [-0.25, -0.2) is 0 Å². The number of hydrogen-bond acceptors (Lipinski definition) is 3. The Kier molecular flexibility index (Phi) is 7.89. The molecule has 1 aromatic carbocycles. The van der Waals surface area contributed by atoms with Crippen molar-refractivity contribution in [2.45, 2.75) is 32.7 Å². The lowest BCUT2D eigenvalue weighted by Crippen LogP contribution is -2.38. The highest BCUT2D eigenvalue weighted by Crippen LogP contribution is 2.26. The average molecular weight is 360 g/mol. The summed E-state index contributed by atoms with van der Waals surface area (Å²) in [5.41, 5.74) is 2.13. The van der Waals surface area contributed by atoms with Crippen LogP contribution in [0.1, 0.15) is 37.4 Å². The predicted molar refractivity (Wildman–Crippen MR) is 103 cm³/mol. The maximum atomic E-state index is 12.3. The van der Waals surface area contributed by atoms with Gasteiger partial charge in [-0.2, -0.15) is 0 Å². The van der Waals surface area contributed by atoms with Crippen LogP contribution in [-0.2, 0) is 11.2 Å². The zero-order chi connectivity index (χ0) is 18.1. The number of aryl methyl sites for hydroxylation is 1. The van der Waals surface area contributed by atoms with Gasteiger partial charge in [0.25, 0.3) is 0 Å². The largest absolute Gasteiger partial charge is 0.354 e. The van der Waals surface area contributed by atoms with Gasteiger partial charge in [-0.3, -0.25) is 14.7 Å². The van der Waals surface area contributed by atoms with Crippen LogP contribution in [0, 0.1) is 0 Å². The molecule has 2 rings (SSSR count). The fraction of sp³-hybridized carbons (Fsp3) is 0.400. The first-order valence-corrected chi connectivity index (χ1v) is 9.17. The van der Waals surface area contributed by atoms with Crippen LogP contribution in [0.25, 0.3) is 0 Å². The number of amides is 1. The van der Waals surface area contributed by atoms with Crippen molar-refractivity contribution in [2.75, 3.05) is 19.6 Å². The van der Waals surface area contributed by atoms with Gasteiger partial charge in [0, 0.05) is 30.4 Å². The number of hydrogen-bond donors (Lipinski definition) is 1. The molecule has 0 aliphatic rings. The molecule has 0 aliphatic carbocycles. The lowest BCUT2D eigenvalue weighted by atomic mass is 10.0. The second-order valence-corrected chi connectivity index (χ2v) is 6.33. The summed E-state index contributed by atoms with van der Waals surface area (Å²) in [6.45, 7) is 6.60. The number of nitrogens with one attached hydrogen (secondary N) is 1. The van der Waals surface area contributed by atoms with Crippen LogP contribution >= 0.6 is 11.6 Å². The number of nitrogens with zero attached hydrogens (tertiary/aromatic N) is 2. The van der Waals surface area contributed by atoms with Gasteiger partial charge in [-0.05, 0) is 42.8 Å². The van der Waals surface area contributed by atoms with Crippen LogP contribution in [-0.4, -0.2) is 35.4 Å². The zero-order valence-electron chi connectivity index (χ0n) is 14.9. The van der Waals surface area contributed by atoms with Crippen LogP contribution in [0.3, 0.4) is 0 Å². The van der Waals surface area contributed by atoms with E-state index in [2.05, 4.69) is 29.0 Å². The molecule has 5 heteroatoms. The number of rotatable bonds is 9. The van der Waals surface area contributed by atoms with Crippen LogP contribution in [0.5, 0.6) is 0 Å². The van der Waals surface area contributed by atoms with Crippen molar-refractivity contribution < 1.29 is 4.79 Å². The van der Waals surface area contributed by atoms with Crippen molar-refractivity contribution in [3.8, 4) is 0 Å². The Hall–Kier alpha value is -1.91. The molecule has 1 N–H and O–H groups in total. The number of halogens is 1. The van der Waals surface area contributed by atoms with Crippen LogP contribution in [0.2, 0.25) is 5.02 Å². The first kappa shape index (κ1) is 19.4. The molecule has 0 spiro atoms. The molecule has 134 valence electrons. The van der Waals surface area contributed by atoms with Gasteiger partial charge >= 0.3 is 0 Å². The Bertz CT molecular complexity index is 659. The molecular formula is C20H26ClN3O. The minimum absolute atomic E-state index is 0.0491. The lowest BCUT2D eigenvalue weighted by Gasteiger charge is -2.31. The maximum absolute atomic E-state index is 12.3. The summed E-state index contributed by atoms with van der Waals surface area (Å²) in [4.78, 5) is 18.6. The van der Waals surface area contributed by atoms with Crippen molar-refractivity contribution in [1.82, 2.24) is 15.2 Å². The summed E-state index contributed by atoms with van der Waals surface area (Å²) in [7, 11) is 0. The Morgan fingerprint density at radius 3 is 2.60 bits per heavy atom.